The van der Waals surface area contributed by atoms with Crippen molar-refractivity contribution in [3.05, 3.63) is 64.7 Å². The lowest BCUT2D eigenvalue weighted by atomic mass is 10.1. The van der Waals surface area contributed by atoms with Crippen molar-refractivity contribution in [3.63, 3.8) is 0 Å². The van der Waals surface area contributed by atoms with Crippen molar-refractivity contribution in [1.82, 2.24) is 4.72 Å². The van der Waals surface area contributed by atoms with Crippen LogP contribution in [0.4, 0.5) is 0 Å². The minimum Gasteiger partial charge on any atom is -0.207 e. The molecule has 0 saturated heterocycles. The van der Waals surface area contributed by atoms with Crippen molar-refractivity contribution in [2.24, 2.45) is 0 Å². The van der Waals surface area contributed by atoms with E-state index in [4.69, 9.17) is 0 Å². The van der Waals surface area contributed by atoms with Crippen LogP contribution in [0.25, 0.3) is 0 Å². The fourth-order valence-electron chi connectivity index (χ4n) is 2.22. The van der Waals surface area contributed by atoms with Crippen molar-refractivity contribution < 1.29 is 8.42 Å². The van der Waals surface area contributed by atoms with Crippen molar-refractivity contribution in [3.8, 4) is 0 Å². The van der Waals surface area contributed by atoms with E-state index in [-0.39, 0.29) is 6.04 Å². The molecule has 1 N–H and O–H groups in total. The molecule has 0 amide bonds. The number of benzene rings is 2. The van der Waals surface area contributed by atoms with Crippen LogP contribution in [0.2, 0.25) is 0 Å². The largest absolute Gasteiger partial charge is 0.241 e. The third-order valence-corrected chi connectivity index (χ3v) is 5.23. The van der Waals surface area contributed by atoms with E-state index < -0.39 is 10.0 Å². The first kappa shape index (κ1) is 15.7. The maximum absolute atomic E-state index is 12.5. The fraction of sp³-hybridized carbons (Fsp3) is 0.294. The summed E-state index contributed by atoms with van der Waals surface area (Å²) in [7, 11) is -3.52. The summed E-state index contributed by atoms with van der Waals surface area (Å²) in [5.41, 5.74) is 3.80. The van der Waals surface area contributed by atoms with Crippen LogP contribution in [0.1, 0.15) is 35.2 Å². The Bertz CT molecular complexity index is 734. The number of nitrogens with one attached hydrogen (secondary N) is 1. The highest BCUT2D eigenvalue weighted by atomic mass is 32.2. The maximum Gasteiger partial charge on any atom is 0.241 e. The van der Waals surface area contributed by atoms with Crippen LogP contribution < -0.4 is 4.72 Å². The predicted molar refractivity (Wildman–Crippen MR) is 85.8 cm³/mol. The zero-order valence-electron chi connectivity index (χ0n) is 12.8. The molecular formula is C17H21NO2S. The standard InChI is InChI=1S/C17H21NO2S/c1-12-6-9-16(10-7-12)15(4)18-21(19,20)17-11-13(2)5-8-14(17)3/h5-11,15,18H,1-4H3. The van der Waals surface area contributed by atoms with Gasteiger partial charge in [-0.25, -0.2) is 13.1 Å². The third-order valence-electron chi connectivity index (χ3n) is 3.54. The average Bonchev–Trinajstić information content (AvgIpc) is 2.41. The number of rotatable bonds is 4. The molecule has 0 saturated carbocycles. The highest BCUT2D eigenvalue weighted by Gasteiger charge is 2.20. The van der Waals surface area contributed by atoms with Gasteiger partial charge in [-0.3, -0.25) is 0 Å². The van der Waals surface area contributed by atoms with Crippen LogP contribution in [-0.2, 0) is 10.0 Å². The van der Waals surface area contributed by atoms with Crippen LogP contribution >= 0.6 is 0 Å². The van der Waals surface area contributed by atoms with Crippen molar-refractivity contribution in [1.29, 1.82) is 0 Å². The van der Waals surface area contributed by atoms with Gasteiger partial charge in [0.15, 0.2) is 0 Å². The van der Waals surface area contributed by atoms with Crippen molar-refractivity contribution >= 4 is 10.0 Å². The molecular weight excluding hydrogens is 282 g/mol. The van der Waals surface area contributed by atoms with E-state index in [0.717, 1.165) is 22.3 Å². The summed E-state index contributed by atoms with van der Waals surface area (Å²) in [6.07, 6.45) is 0. The number of aryl methyl sites for hydroxylation is 3. The van der Waals surface area contributed by atoms with E-state index in [1.807, 2.05) is 64.1 Å². The Morgan fingerprint density at radius 2 is 1.48 bits per heavy atom. The van der Waals surface area contributed by atoms with E-state index in [1.165, 1.54) is 0 Å². The smallest absolute Gasteiger partial charge is 0.207 e. The lowest BCUT2D eigenvalue weighted by Crippen LogP contribution is -2.27. The van der Waals surface area contributed by atoms with Gasteiger partial charge in [-0.15, -0.1) is 0 Å². The third kappa shape index (κ3) is 3.71. The Labute approximate surface area is 127 Å². The van der Waals surface area contributed by atoms with Gasteiger partial charge in [0.2, 0.25) is 10.0 Å². The summed E-state index contributed by atoms with van der Waals surface area (Å²) in [5, 5.41) is 0. The van der Waals surface area contributed by atoms with Gasteiger partial charge >= 0.3 is 0 Å². The SMILES string of the molecule is Cc1ccc(C(C)NS(=O)(=O)c2cc(C)ccc2C)cc1. The molecule has 0 radical (unpaired) electrons. The van der Waals surface area contributed by atoms with E-state index in [2.05, 4.69) is 4.72 Å². The summed E-state index contributed by atoms with van der Waals surface area (Å²) in [5.74, 6) is 0. The summed E-state index contributed by atoms with van der Waals surface area (Å²) < 4.78 is 27.8. The Morgan fingerprint density at radius 1 is 0.905 bits per heavy atom. The molecule has 1 atom stereocenters. The molecule has 2 aromatic rings. The predicted octanol–water partition coefficient (Wildman–Crippen LogP) is 3.65. The van der Waals surface area contributed by atoms with Gasteiger partial charge in [-0.2, -0.15) is 0 Å². The molecule has 0 spiro atoms. The summed E-state index contributed by atoms with van der Waals surface area (Å²) in [6, 6.07) is 13.1. The molecule has 0 fully saturated rings. The molecule has 0 aliphatic rings. The summed E-state index contributed by atoms with van der Waals surface area (Å²) in [6.45, 7) is 7.56. The van der Waals surface area contributed by atoms with Gasteiger partial charge in [0.05, 0.1) is 4.90 Å². The molecule has 0 aromatic heterocycles. The fourth-order valence-corrected chi connectivity index (χ4v) is 3.78. The molecule has 0 heterocycles. The molecule has 2 aromatic carbocycles. The first-order chi connectivity index (χ1) is 9.79. The average molecular weight is 303 g/mol. The molecule has 0 bridgehead atoms. The maximum atomic E-state index is 12.5. The highest BCUT2D eigenvalue weighted by molar-refractivity contribution is 7.89. The van der Waals surface area contributed by atoms with Crippen LogP contribution in [0, 0.1) is 20.8 Å². The topological polar surface area (TPSA) is 46.2 Å². The minimum absolute atomic E-state index is 0.268. The highest BCUT2D eigenvalue weighted by Crippen LogP contribution is 2.20. The molecule has 0 aliphatic heterocycles. The Hall–Kier alpha value is -1.65. The van der Waals surface area contributed by atoms with E-state index in [0.29, 0.717) is 4.90 Å². The normalized spacial score (nSPS) is 13.1. The lowest BCUT2D eigenvalue weighted by molar-refractivity contribution is 0.566. The molecule has 112 valence electrons. The van der Waals surface area contributed by atoms with Crippen LogP contribution in [-0.4, -0.2) is 8.42 Å². The monoisotopic (exact) mass is 303 g/mol. The Kier molecular flexibility index (Phi) is 4.49. The lowest BCUT2D eigenvalue weighted by Gasteiger charge is -2.16. The van der Waals surface area contributed by atoms with Crippen LogP contribution in [0.15, 0.2) is 47.4 Å². The van der Waals surface area contributed by atoms with Gasteiger partial charge < -0.3 is 0 Å². The summed E-state index contributed by atoms with van der Waals surface area (Å²) >= 11 is 0. The zero-order valence-corrected chi connectivity index (χ0v) is 13.7. The van der Waals surface area contributed by atoms with Crippen LogP contribution in [0.5, 0.6) is 0 Å². The molecule has 21 heavy (non-hydrogen) atoms. The second kappa shape index (κ2) is 6.00. The van der Waals surface area contributed by atoms with Gasteiger partial charge in [-0.05, 0) is 50.5 Å². The molecule has 1 unspecified atom stereocenters. The second-order valence-electron chi connectivity index (χ2n) is 5.52. The minimum atomic E-state index is -3.52. The molecule has 4 heteroatoms. The quantitative estimate of drug-likeness (QED) is 0.937. The van der Waals surface area contributed by atoms with E-state index >= 15 is 0 Å². The van der Waals surface area contributed by atoms with E-state index in [1.54, 1.807) is 6.07 Å². The van der Waals surface area contributed by atoms with Gasteiger partial charge in [0, 0.05) is 6.04 Å². The molecule has 2 rings (SSSR count). The van der Waals surface area contributed by atoms with Gasteiger partial charge in [0.1, 0.15) is 0 Å². The van der Waals surface area contributed by atoms with Gasteiger partial charge in [-0.1, -0.05) is 42.0 Å². The summed E-state index contributed by atoms with van der Waals surface area (Å²) in [4.78, 5) is 0.349. The Morgan fingerprint density at radius 3 is 2.10 bits per heavy atom. The van der Waals surface area contributed by atoms with E-state index in [9.17, 15) is 8.42 Å². The Balaban J connectivity index is 2.28. The molecule has 3 nitrogen and oxygen atoms in total. The first-order valence-corrected chi connectivity index (χ1v) is 8.44. The van der Waals surface area contributed by atoms with Crippen molar-refractivity contribution in [2.45, 2.75) is 38.6 Å². The number of hydrogen-bond acceptors (Lipinski definition) is 2. The molecule has 0 aliphatic carbocycles. The van der Waals surface area contributed by atoms with Crippen molar-refractivity contribution in [2.75, 3.05) is 0 Å². The number of hydrogen-bond donors (Lipinski definition) is 1. The zero-order chi connectivity index (χ0) is 15.6. The number of sulfonamides is 1. The van der Waals surface area contributed by atoms with Crippen LogP contribution in [0.3, 0.4) is 0 Å². The van der Waals surface area contributed by atoms with Gasteiger partial charge in [0.25, 0.3) is 0 Å². The first-order valence-electron chi connectivity index (χ1n) is 6.96. The second-order valence-corrected chi connectivity index (χ2v) is 7.21.